The molecular formula is C18H22ClN2O3+. The molecule has 2 rings (SSSR count). The van der Waals surface area contributed by atoms with Gasteiger partial charge in [-0.05, 0) is 24.3 Å². The van der Waals surface area contributed by atoms with Crippen molar-refractivity contribution in [2.24, 2.45) is 0 Å². The van der Waals surface area contributed by atoms with E-state index in [1.807, 2.05) is 30.3 Å². The SMILES string of the molecule is O=C(Nc1ccc(Cl)cc1)[C@@H](c1ccccc1)[NH+](CCO)CCO. The van der Waals surface area contributed by atoms with Crippen molar-refractivity contribution in [2.45, 2.75) is 6.04 Å². The van der Waals surface area contributed by atoms with E-state index in [1.54, 1.807) is 24.3 Å². The predicted octanol–water partition coefficient (Wildman–Crippen LogP) is 0.889. The zero-order valence-electron chi connectivity index (χ0n) is 13.3. The second-order valence-corrected chi connectivity index (χ2v) is 5.88. The second kappa shape index (κ2) is 9.39. The van der Waals surface area contributed by atoms with Crippen LogP contribution in [0.2, 0.25) is 5.02 Å². The monoisotopic (exact) mass is 349 g/mol. The number of hydrogen-bond donors (Lipinski definition) is 4. The third-order valence-electron chi connectivity index (χ3n) is 3.78. The molecule has 0 aliphatic heterocycles. The molecule has 6 heteroatoms. The van der Waals surface area contributed by atoms with Crippen LogP contribution in [0.1, 0.15) is 11.6 Å². The van der Waals surface area contributed by atoms with Gasteiger partial charge in [-0.3, -0.25) is 4.79 Å². The lowest BCUT2D eigenvalue weighted by molar-refractivity contribution is -0.922. The van der Waals surface area contributed by atoms with E-state index in [4.69, 9.17) is 11.6 Å². The highest BCUT2D eigenvalue weighted by molar-refractivity contribution is 6.30. The van der Waals surface area contributed by atoms with E-state index in [9.17, 15) is 15.0 Å². The molecule has 4 N–H and O–H groups in total. The first kappa shape index (κ1) is 18.4. The van der Waals surface area contributed by atoms with Crippen LogP contribution in [0, 0.1) is 0 Å². The van der Waals surface area contributed by atoms with Gasteiger partial charge in [0.05, 0.1) is 13.2 Å². The van der Waals surface area contributed by atoms with Crippen molar-refractivity contribution in [3.63, 3.8) is 0 Å². The van der Waals surface area contributed by atoms with Gasteiger partial charge in [-0.15, -0.1) is 0 Å². The van der Waals surface area contributed by atoms with Gasteiger partial charge in [-0.2, -0.15) is 0 Å². The van der Waals surface area contributed by atoms with Crippen molar-refractivity contribution in [2.75, 3.05) is 31.6 Å². The average molecular weight is 350 g/mol. The lowest BCUT2D eigenvalue weighted by Gasteiger charge is -2.27. The molecule has 0 aliphatic rings. The Morgan fingerprint density at radius 2 is 1.58 bits per heavy atom. The van der Waals surface area contributed by atoms with Gasteiger partial charge in [0.1, 0.15) is 13.1 Å². The number of amides is 1. The predicted molar refractivity (Wildman–Crippen MR) is 94.1 cm³/mol. The minimum Gasteiger partial charge on any atom is -0.391 e. The maximum Gasteiger partial charge on any atom is 0.287 e. The van der Waals surface area contributed by atoms with Crippen molar-refractivity contribution < 1.29 is 19.9 Å². The van der Waals surface area contributed by atoms with Gasteiger partial charge >= 0.3 is 0 Å². The van der Waals surface area contributed by atoms with E-state index in [1.165, 1.54) is 0 Å². The summed E-state index contributed by atoms with van der Waals surface area (Å²) < 4.78 is 0. The number of rotatable bonds is 8. The van der Waals surface area contributed by atoms with Crippen molar-refractivity contribution in [1.82, 2.24) is 0 Å². The molecule has 0 fully saturated rings. The summed E-state index contributed by atoms with van der Waals surface area (Å²) in [5.41, 5.74) is 1.48. The van der Waals surface area contributed by atoms with Crippen LogP contribution in [0.25, 0.3) is 0 Å². The quantitative estimate of drug-likeness (QED) is 0.572. The largest absolute Gasteiger partial charge is 0.391 e. The fourth-order valence-electron chi connectivity index (χ4n) is 2.67. The highest BCUT2D eigenvalue weighted by Crippen LogP contribution is 2.16. The number of hydrogen-bond acceptors (Lipinski definition) is 3. The molecule has 2 aromatic carbocycles. The minimum atomic E-state index is -0.527. The minimum absolute atomic E-state index is 0.0626. The number of aliphatic hydroxyl groups is 2. The number of carbonyl (C=O) groups is 1. The number of benzene rings is 2. The first-order valence-electron chi connectivity index (χ1n) is 7.83. The normalized spacial score (nSPS) is 12.2. The van der Waals surface area contributed by atoms with E-state index < -0.39 is 6.04 Å². The summed E-state index contributed by atoms with van der Waals surface area (Å²) in [6.45, 7) is 0.613. The zero-order chi connectivity index (χ0) is 17.4. The molecule has 0 radical (unpaired) electrons. The van der Waals surface area contributed by atoms with Gasteiger partial charge in [0.25, 0.3) is 5.91 Å². The number of halogens is 1. The lowest BCUT2D eigenvalue weighted by atomic mass is 10.0. The van der Waals surface area contributed by atoms with Crippen LogP contribution in [0.3, 0.4) is 0 Å². The molecule has 5 nitrogen and oxygen atoms in total. The molecule has 1 amide bonds. The number of anilines is 1. The molecule has 24 heavy (non-hydrogen) atoms. The maximum atomic E-state index is 12.9. The molecule has 0 heterocycles. The average Bonchev–Trinajstić information content (AvgIpc) is 2.58. The van der Waals surface area contributed by atoms with Gasteiger partial charge < -0.3 is 20.4 Å². The molecule has 128 valence electrons. The van der Waals surface area contributed by atoms with E-state index >= 15 is 0 Å². The van der Waals surface area contributed by atoms with Crippen molar-refractivity contribution in [1.29, 1.82) is 0 Å². The summed E-state index contributed by atoms with van der Waals surface area (Å²) in [5, 5.41) is 22.1. The van der Waals surface area contributed by atoms with Crippen LogP contribution in [0.15, 0.2) is 54.6 Å². The van der Waals surface area contributed by atoms with Crippen LogP contribution in [-0.4, -0.2) is 42.4 Å². The van der Waals surface area contributed by atoms with Gasteiger partial charge in [-0.25, -0.2) is 0 Å². The number of quaternary nitrogens is 1. The molecule has 1 atom stereocenters. The smallest absolute Gasteiger partial charge is 0.287 e. The summed E-state index contributed by atoms with van der Waals surface area (Å²) in [6.07, 6.45) is 0. The fourth-order valence-corrected chi connectivity index (χ4v) is 2.79. The summed E-state index contributed by atoms with van der Waals surface area (Å²) in [7, 11) is 0. The van der Waals surface area contributed by atoms with Gasteiger partial charge in [0.2, 0.25) is 0 Å². The zero-order valence-corrected chi connectivity index (χ0v) is 14.0. The van der Waals surface area contributed by atoms with Crippen molar-refractivity contribution >= 4 is 23.2 Å². The highest BCUT2D eigenvalue weighted by Gasteiger charge is 2.31. The standard InChI is InChI=1S/C18H21ClN2O3/c19-15-6-8-16(9-7-15)20-18(24)17(14-4-2-1-3-5-14)21(10-12-22)11-13-23/h1-9,17,22-23H,10-13H2,(H,20,24)/p+1/t17-/m1/s1. The Morgan fingerprint density at radius 1 is 1.00 bits per heavy atom. The van der Waals surface area contributed by atoms with E-state index in [-0.39, 0.29) is 19.1 Å². The molecule has 0 saturated carbocycles. The molecule has 0 aliphatic carbocycles. The summed E-state index contributed by atoms with van der Waals surface area (Å²) >= 11 is 5.87. The van der Waals surface area contributed by atoms with Crippen LogP contribution in [0.5, 0.6) is 0 Å². The Labute approximate surface area is 146 Å². The van der Waals surface area contributed by atoms with E-state index in [0.717, 1.165) is 10.5 Å². The fraction of sp³-hybridized carbons (Fsp3) is 0.278. The topological polar surface area (TPSA) is 74.0 Å². The van der Waals surface area contributed by atoms with Crippen LogP contribution in [-0.2, 0) is 4.79 Å². The number of carbonyl (C=O) groups excluding carboxylic acids is 1. The summed E-state index contributed by atoms with van der Waals surface area (Å²) in [5.74, 6) is -0.194. The van der Waals surface area contributed by atoms with E-state index in [2.05, 4.69) is 5.32 Å². The van der Waals surface area contributed by atoms with Gasteiger partial charge in [-0.1, -0.05) is 41.9 Å². The first-order valence-corrected chi connectivity index (χ1v) is 8.21. The van der Waals surface area contributed by atoms with Gasteiger partial charge in [0.15, 0.2) is 6.04 Å². The third-order valence-corrected chi connectivity index (χ3v) is 4.03. The second-order valence-electron chi connectivity index (χ2n) is 5.45. The van der Waals surface area contributed by atoms with Crippen molar-refractivity contribution in [3.05, 3.63) is 65.2 Å². The molecular weight excluding hydrogens is 328 g/mol. The van der Waals surface area contributed by atoms with Gasteiger partial charge in [0, 0.05) is 16.3 Å². The Bertz CT molecular complexity index is 628. The van der Waals surface area contributed by atoms with Crippen LogP contribution >= 0.6 is 11.6 Å². The number of aliphatic hydroxyl groups excluding tert-OH is 2. The summed E-state index contributed by atoms with van der Waals surface area (Å²) in [4.78, 5) is 13.7. The Kier molecular flexibility index (Phi) is 7.21. The highest BCUT2D eigenvalue weighted by atomic mass is 35.5. The molecule has 0 bridgehead atoms. The molecule has 0 aromatic heterocycles. The van der Waals surface area contributed by atoms with Crippen LogP contribution in [0.4, 0.5) is 5.69 Å². The maximum absolute atomic E-state index is 12.9. The van der Waals surface area contributed by atoms with E-state index in [0.29, 0.717) is 23.8 Å². The lowest BCUT2D eigenvalue weighted by Crippen LogP contribution is -3.14. The van der Waals surface area contributed by atoms with Crippen LogP contribution < -0.4 is 10.2 Å². The Balaban J connectivity index is 2.26. The molecule has 0 unspecified atom stereocenters. The Morgan fingerprint density at radius 3 is 2.12 bits per heavy atom. The molecule has 0 saturated heterocycles. The first-order chi connectivity index (χ1) is 11.7. The van der Waals surface area contributed by atoms with Crippen molar-refractivity contribution in [3.8, 4) is 0 Å². The summed E-state index contributed by atoms with van der Waals surface area (Å²) in [6, 6.07) is 15.7. The third kappa shape index (κ3) is 5.04. The Hall–Kier alpha value is -1.92. The molecule has 2 aromatic rings. The molecule has 0 spiro atoms. The number of nitrogens with one attached hydrogen (secondary N) is 2.